The van der Waals surface area contributed by atoms with Gasteiger partial charge in [-0.3, -0.25) is 9.59 Å². The number of fused-ring (bicyclic) bond motifs is 1. The minimum Gasteiger partial charge on any atom is -0.323 e. The van der Waals surface area contributed by atoms with Gasteiger partial charge < -0.3 is 10.3 Å². The molecule has 0 spiro atoms. The number of nitrogens with one attached hydrogen (secondary N) is 2. The molecule has 1 atom stereocenters. The Kier molecular flexibility index (Phi) is 4.35. The fourth-order valence-corrected chi connectivity index (χ4v) is 2.83. The number of benzene rings is 2. The first kappa shape index (κ1) is 16.2. The van der Waals surface area contributed by atoms with E-state index in [1.54, 1.807) is 42.5 Å². The van der Waals surface area contributed by atoms with Gasteiger partial charge in [0.25, 0.3) is 5.56 Å². The topological polar surface area (TPSA) is 84.0 Å². The molecular weight excluding hydrogens is 374 g/mol. The van der Waals surface area contributed by atoms with Crippen LogP contribution in [0.4, 0.5) is 5.69 Å². The molecule has 0 aliphatic carbocycles. The van der Waals surface area contributed by atoms with Crippen molar-refractivity contribution in [1.29, 1.82) is 0 Å². The van der Waals surface area contributed by atoms with E-state index in [1.807, 2.05) is 6.07 Å². The molecule has 3 aromatic rings. The Bertz CT molecular complexity index is 1040. The van der Waals surface area contributed by atoms with E-state index in [9.17, 15) is 14.4 Å². The molecule has 2 aromatic carbocycles. The SMILES string of the molecule is C[C@@H](C(=O)Nc1ccccc1Br)n1c(=O)[nH]c2ccccc2c1=O. The zero-order valence-electron chi connectivity index (χ0n) is 12.7. The van der Waals surface area contributed by atoms with Gasteiger partial charge in [0.15, 0.2) is 0 Å². The van der Waals surface area contributed by atoms with Crippen molar-refractivity contribution in [3.63, 3.8) is 0 Å². The van der Waals surface area contributed by atoms with E-state index in [1.165, 1.54) is 6.92 Å². The summed E-state index contributed by atoms with van der Waals surface area (Å²) in [6.45, 7) is 1.51. The van der Waals surface area contributed by atoms with Gasteiger partial charge in [0.1, 0.15) is 6.04 Å². The number of carbonyl (C=O) groups excluding carboxylic acids is 1. The lowest BCUT2D eigenvalue weighted by Crippen LogP contribution is -2.41. The Balaban J connectivity index is 2.01. The van der Waals surface area contributed by atoms with Crippen LogP contribution in [0.3, 0.4) is 0 Å². The molecule has 24 heavy (non-hydrogen) atoms. The molecule has 1 heterocycles. The highest BCUT2D eigenvalue weighted by molar-refractivity contribution is 9.10. The monoisotopic (exact) mass is 387 g/mol. The first-order valence-electron chi connectivity index (χ1n) is 7.28. The second kappa shape index (κ2) is 6.45. The molecular formula is C17H14BrN3O3. The van der Waals surface area contributed by atoms with Crippen molar-refractivity contribution in [1.82, 2.24) is 9.55 Å². The molecule has 0 bridgehead atoms. The van der Waals surface area contributed by atoms with Gasteiger partial charge in [0.2, 0.25) is 5.91 Å². The molecule has 0 saturated heterocycles. The van der Waals surface area contributed by atoms with E-state index < -0.39 is 23.2 Å². The highest BCUT2D eigenvalue weighted by atomic mass is 79.9. The molecule has 7 heteroatoms. The van der Waals surface area contributed by atoms with E-state index in [0.29, 0.717) is 21.1 Å². The van der Waals surface area contributed by atoms with Gasteiger partial charge in [-0.15, -0.1) is 0 Å². The number of amides is 1. The zero-order valence-corrected chi connectivity index (χ0v) is 14.3. The van der Waals surface area contributed by atoms with Crippen LogP contribution < -0.4 is 16.6 Å². The minimum atomic E-state index is -0.960. The second-order valence-electron chi connectivity index (χ2n) is 5.30. The summed E-state index contributed by atoms with van der Waals surface area (Å²) in [7, 11) is 0. The third-order valence-electron chi connectivity index (χ3n) is 3.74. The smallest absolute Gasteiger partial charge is 0.323 e. The summed E-state index contributed by atoms with van der Waals surface area (Å²) in [4.78, 5) is 39.9. The normalized spacial score (nSPS) is 12.1. The lowest BCUT2D eigenvalue weighted by Gasteiger charge is -2.15. The fourth-order valence-electron chi connectivity index (χ4n) is 2.44. The van der Waals surface area contributed by atoms with E-state index >= 15 is 0 Å². The molecule has 3 rings (SSSR count). The van der Waals surface area contributed by atoms with Crippen molar-refractivity contribution < 1.29 is 4.79 Å². The molecule has 0 aliphatic heterocycles. The number of para-hydroxylation sites is 2. The van der Waals surface area contributed by atoms with Crippen LogP contribution >= 0.6 is 15.9 Å². The van der Waals surface area contributed by atoms with Gasteiger partial charge in [-0.1, -0.05) is 24.3 Å². The number of halogens is 1. The summed E-state index contributed by atoms with van der Waals surface area (Å²) in [6.07, 6.45) is 0. The lowest BCUT2D eigenvalue weighted by atomic mass is 10.2. The van der Waals surface area contributed by atoms with E-state index in [-0.39, 0.29) is 0 Å². The van der Waals surface area contributed by atoms with Crippen molar-refractivity contribution in [2.75, 3.05) is 5.32 Å². The first-order chi connectivity index (χ1) is 11.5. The fraction of sp³-hybridized carbons (Fsp3) is 0.118. The van der Waals surface area contributed by atoms with Gasteiger partial charge in [-0.25, -0.2) is 9.36 Å². The van der Waals surface area contributed by atoms with Gasteiger partial charge >= 0.3 is 5.69 Å². The van der Waals surface area contributed by atoms with Crippen LogP contribution in [0.25, 0.3) is 10.9 Å². The maximum absolute atomic E-state index is 12.6. The third-order valence-corrected chi connectivity index (χ3v) is 4.43. The Labute approximate surface area is 145 Å². The average molecular weight is 388 g/mol. The molecule has 0 aliphatic rings. The standard InChI is InChI=1S/C17H14BrN3O3/c1-10(15(22)19-14-9-5-3-7-12(14)18)21-16(23)11-6-2-4-8-13(11)20-17(21)24/h2-10H,1H3,(H,19,22)(H,20,24)/t10-/m0/s1. The van der Waals surface area contributed by atoms with Gasteiger partial charge in [-0.05, 0) is 47.1 Å². The summed E-state index contributed by atoms with van der Waals surface area (Å²) >= 11 is 3.34. The number of nitrogens with zero attached hydrogens (tertiary/aromatic N) is 1. The van der Waals surface area contributed by atoms with Gasteiger partial charge in [0, 0.05) is 4.47 Å². The lowest BCUT2D eigenvalue weighted by molar-refractivity contribution is -0.119. The number of anilines is 1. The molecule has 0 unspecified atom stereocenters. The van der Waals surface area contributed by atoms with Crippen LogP contribution in [0.2, 0.25) is 0 Å². The number of hydrogen-bond acceptors (Lipinski definition) is 3. The zero-order chi connectivity index (χ0) is 17.3. The Morgan fingerprint density at radius 3 is 2.54 bits per heavy atom. The quantitative estimate of drug-likeness (QED) is 0.724. The van der Waals surface area contributed by atoms with E-state index in [2.05, 4.69) is 26.2 Å². The summed E-state index contributed by atoms with van der Waals surface area (Å²) in [5.41, 5.74) is -0.0978. The van der Waals surface area contributed by atoms with Crippen molar-refractivity contribution in [3.05, 3.63) is 73.8 Å². The highest BCUT2D eigenvalue weighted by Crippen LogP contribution is 2.22. The van der Waals surface area contributed by atoms with Crippen LogP contribution in [0.5, 0.6) is 0 Å². The predicted octanol–water partition coefficient (Wildman–Crippen LogP) is 2.65. The molecule has 6 nitrogen and oxygen atoms in total. The van der Waals surface area contributed by atoms with Gasteiger partial charge in [-0.2, -0.15) is 0 Å². The van der Waals surface area contributed by atoms with Crippen molar-refractivity contribution in [2.24, 2.45) is 0 Å². The largest absolute Gasteiger partial charge is 0.329 e. The number of aromatic nitrogens is 2. The molecule has 0 saturated carbocycles. The van der Waals surface area contributed by atoms with Crippen LogP contribution in [0, 0.1) is 0 Å². The summed E-state index contributed by atoms with van der Waals surface area (Å²) in [5, 5.41) is 3.07. The maximum atomic E-state index is 12.6. The summed E-state index contributed by atoms with van der Waals surface area (Å²) in [6, 6.07) is 12.8. The molecule has 1 aromatic heterocycles. The van der Waals surface area contributed by atoms with Crippen molar-refractivity contribution in [3.8, 4) is 0 Å². The molecule has 0 fully saturated rings. The molecule has 1 amide bonds. The van der Waals surface area contributed by atoms with Crippen LogP contribution in [-0.4, -0.2) is 15.5 Å². The average Bonchev–Trinajstić information content (AvgIpc) is 2.56. The molecule has 122 valence electrons. The molecule has 0 radical (unpaired) electrons. The Morgan fingerprint density at radius 1 is 1.12 bits per heavy atom. The third kappa shape index (κ3) is 2.90. The predicted molar refractivity (Wildman–Crippen MR) is 96.3 cm³/mol. The second-order valence-corrected chi connectivity index (χ2v) is 6.15. The summed E-state index contributed by atoms with van der Waals surface area (Å²) in [5.74, 6) is -0.454. The summed E-state index contributed by atoms with van der Waals surface area (Å²) < 4.78 is 1.64. The van der Waals surface area contributed by atoms with Crippen molar-refractivity contribution in [2.45, 2.75) is 13.0 Å². The first-order valence-corrected chi connectivity index (χ1v) is 8.07. The number of H-pyrrole nitrogens is 1. The van der Waals surface area contributed by atoms with Crippen molar-refractivity contribution >= 4 is 38.4 Å². The number of hydrogen-bond donors (Lipinski definition) is 2. The number of carbonyl (C=O) groups is 1. The Morgan fingerprint density at radius 2 is 1.79 bits per heavy atom. The van der Waals surface area contributed by atoms with Gasteiger partial charge in [0.05, 0.1) is 16.6 Å². The van der Waals surface area contributed by atoms with Crippen LogP contribution in [0.15, 0.2) is 62.6 Å². The van der Waals surface area contributed by atoms with E-state index in [4.69, 9.17) is 0 Å². The Hall–Kier alpha value is -2.67. The van der Waals surface area contributed by atoms with Crippen LogP contribution in [0.1, 0.15) is 13.0 Å². The number of aromatic amines is 1. The maximum Gasteiger partial charge on any atom is 0.329 e. The van der Waals surface area contributed by atoms with E-state index in [0.717, 1.165) is 4.57 Å². The van der Waals surface area contributed by atoms with Crippen LogP contribution in [-0.2, 0) is 4.79 Å². The minimum absolute atomic E-state index is 0.359. The number of rotatable bonds is 3. The molecule has 2 N–H and O–H groups in total. The highest BCUT2D eigenvalue weighted by Gasteiger charge is 2.20.